The second-order valence-corrected chi connectivity index (χ2v) is 13.4. The summed E-state index contributed by atoms with van der Waals surface area (Å²) in [6.07, 6.45) is 10.3. The number of hydrogen-bond acceptors (Lipinski definition) is 9. The minimum Gasteiger partial charge on any atom is -0.790 e. The van der Waals surface area contributed by atoms with Crippen molar-refractivity contribution in [2.24, 2.45) is 0 Å². The summed E-state index contributed by atoms with van der Waals surface area (Å²) in [5.41, 5.74) is 8.40. The SMILES string of the molecule is O=C(OC[C@H]1O[C@H](OP(=O)([O-])[O-])C[C@@H]1OC(=O)c1ccc(Cl)cc1)c1ccc(Cl)cc1.[NH3+]C1CCCCC1.[NH3+]C1CCCCC1. The highest BCUT2D eigenvalue weighted by molar-refractivity contribution is 7.43. The molecule has 2 aromatic rings. The van der Waals surface area contributed by atoms with E-state index >= 15 is 0 Å². The van der Waals surface area contributed by atoms with Crippen molar-refractivity contribution in [2.45, 2.75) is 101 Å². The number of esters is 2. The number of hydrogen-bond donors (Lipinski definition) is 2. The molecule has 0 radical (unpaired) electrons. The quantitative estimate of drug-likeness (QED) is 0.324. The Labute approximate surface area is 274 Å². The summed E-state index contributed by atoms with van der Waals surface area (Å²) in [6.45, 7) is -0.387. The fourth-order valence-corrected chi connectivity index (χ4v) is 5.83. The van der Waals surface area contributed by atoms with Gasteiger partial charge in [-0.3, -0.25) is 0 Å². The van der Waals surface area contributed by atoms with Crippen molar-refractivity contribution in [1.82, 2.24) is 0 Å². The molecule has 0 spiro atoms. The highest BCUT2D eigenvalue weighted by atomic mass is 35.5. The Morgan fingerprint density at radius 3 is 1.62 bits per heavy atom. The molecule has 5 rings (SSSR count). The smallest absolute Gasteiger partial charge is 0.338 e. The first-order chi connectivity index (χ1) is 21.4. The lowest BCUT2D eigenvalue weighted by Crippen LogP contribution is -2.61. The van der Waals surface area contributed by atoms with Crippen molar-refractivity contribution in [2.75, 3.05) is 6.61 Å². The van der Waals surface area contributed by atoms with Crippen molar-refractivity contribution in [3.63, 3.8) is 0 Å². The average molecular weight is 690 g/mol. The molecule has 250 valence electrons. The van der Waals surface area contributed by atoms with Gasteiger partial charge in [0.2, 0.25) is 0 Å². The molecule has 0 bridgehead atoms. The molecule has 3 atom stereocenters. The summed E-state index contributed by atoms with van der Waals surface area (Å²) < 4.78 is 31.1. The van der Waals surface area contributed by atoms with Gasteiger partial charge in [0.05, 0.1) is 31.0 Å². The molecule has 1 aliphatic heterocycles. The minimum absolute atomic E-state index is 0.184. The van der Waals surface area contributed by atoms with Crippen LogP contribution in [0.3, 0.4) is 0 Å². The van der Waals surface area contributed by atoms with E-state index in [2.05, 4.69) is 16.0 Å². The van der Waals surface area contributed by atoms with Crippen LogP contribution in [0.25, 0.3) is 0 Å². The summed E-state index contributed by atoms with van der Waals surface area (Å²) >= 11 is 11.6. The third-order valence-electron chi connectivity index (χ3n) is 7.66. The van der Waals surface area contributed by atoms with Gasteiger partial charge in [0.25, 0.3) is 0 Å². The Kier molecular flexibility index (Phi) is 15.7. The van der Waals surface area contributed by atoms with Crippen LogP contribution in [0, 0.1) is 0 Å². The third-order valence-corrected chi connectivity index (χ3v) is 8.66. The standard InChI is InChI=1S/C19H17Cl2O9P.2C6H13N/c20-13-5-1-11(2-6-13)18(22)27-10-16-15(9-17(28-16)30-31(24,25)26)29-19(23)12-3-7-14(21)8-4-12;2*7-6-4-2-1-3-5-6/h1-8,15-17H,9-10H2,(H2,24,25,26);2*6H,1-5,7H2/t15-,16+,17+;;/m0../s1. The Hall–Kier alpha value is -2.05. The molecule has 6 N–H and O–H groups in total. The van der Waals surface area contributed by atoms with E-state index in [9.17, 15) is 23.9 Å². The van der Waals surface area contributed by atoms with E-state index in [-0.39, 0.29) is 24.2 Å². The Morgan fingerprint density at radius 2 is 1.22 bits per heavy atom. The number of ether oxygens (including phenoxy) is 3. The zero-order chi connectivity index (χ0) is 32.8. The van der Waals surface area contributed by atoms with E-state index in [1.807, 2.05) is 0 Å². The van der Waals surface area contributed by atoms with E-state index in [1.54, 1.807) is 0 Å². The number of rotatable bonds is 7. The number of phosphoric ester groups is 1. The number of carbonyl (C=O) groups is 2. The van der Waals surface area contributed by atoms with Crippen molar-refractivity contribution >= 4 is 43.0 Å². The van der Waals surface area contributed by atoms with E-state index in [0.29, 0.717) is 10.0 Å². The van der Waals surface area contributed by atoms with Crippen LogP contribution in [0.5, 0.6) is 0 Å². The van der Waals surface area contributed by atoms with Crippen LogP contribution in [0.4, 0.5) is 0 Å². The highest BCUT2D eigenvalue weighted by Gasteiger charge is 2.40. The second kappa shape index (κ2) is 18.9. The zero-order valence-corrected chi connectivity index (χ0v) is 27.7. The third kappa shape index (κ3) is 14.5. The molecule has 1 saturated heterocycles. The van der Waals surface area contributed by atoms with Gasteiger partial charge in [0.15, 0.2) is 6.29 Å². The largest absolute Gasteiger partial charge is 0.790 e. The monoisotopic (exact) mass is 688 g/mol. The highest BCUT2D eigenvalue weighted by Crippen LogP contribution is 2.35. The molecule has 0 amide bonds. The molecular weight excluding hydrogens is 646 g/mol. The van der Waals surface area contributed by atoms with Crippen molar-refractivity contribution in [3.8, 4) is 0 Å². The summed E-state index contributed by atoms with van der Waals surface area (Å²) in [6, 6.07) is 13.3. The molecule has 1 heterocycles. The summed E-state index contributed by atoms with van der Waals surface area (Å²) in [5.74, 6) is -1.45. The van der Waals surface area contributed by atoms with Crippen LogP contribution in [0.15, 0.2) is 48.5 Å². The van der Waals surface area contributed by atoms with Crippen LogP contribution in [-0.2, 0) is 23.3 Å². The van der Waals surface area contributed by atoms with Gasteiger partial charge in [-0.05, 0) is 99.9 Å². The van der Waals surface area contributed by atoms with E-state index in [0.717, 1.165) is 12.1 Å². The van der Waals surface area contributed by atoms with Gasteiger partial charge in [0.1, 0.15) is 18.8 Å². The molecule has 2 saturated carbocycles. The predicted octanol–water partition coefficient (Wildman–Crippen LogP) is 3.46. The molecule has 14 heteroatoms. The minimum atomic E-state index is -5.36. The number of benzene rings is 2. The second-order valence-electron chi connectivity index (χ2n) is 11.5. The molecule has 2 aromatic carbocycles. The molecule has 3 aliphatic rings. The van der Waals surface area contributed by atoms with Gasteiger partial charge in [-0.2, -0.15) is 0 Å². The molecule has 11 nitrogen and oxygen atoms in total. The predicted molar refractivity (Wildman–Crippen MR) is 164 cm³/mol. The maximum Gasteiger partial charge on any atom is 0.338 e. The first-order valence-corrected chi connectivity index (χ1v) is 17.5. The summed E-state index contributed by atoms with van der Waals surface area (Å²) in [7, 11) is -5.36. The fraction of sp³-hybridized carbons (Fsp3) is 0.548. The fourth-order valence-electron chi connectivity index (χ4n) is 5.15. The van der Waals surface area contributed by atoms with Gasteiger partial charge in [-0.15, -0.1) is 0 Å². The van der Waals surface area contributed by atoms with Crippen LogP contribution in [0.1, 0.15) is 91.3 Å². The molecule has 45 heavy (non-hydrogen) atoms. The van der Waals surface area contributed by atoms with Crippen molar-refractivity contribution < 1.29 is 54.1 Å². The zero-order valence-electron chi connectivity index (χ0n) is 25.3. The lowest BCUT2D eigenvalue weighted by atomic mass is 9.97. The lowest BCUT2D eigenvalue weighted by Gasteiger charge is -2.31. The van der Waals surface area contributed by atoms with Crippen LogP contribution in [-0.4, -0.2) is 49.1 Å². The first kappa shape index (κ1) is 37.4. The topological polar surface area (TPSA) is 190 Å². The summed E-state index contributed by atoms with van der Waals surface area (Å²) in [4.78, 5) is 46.4. The van der Waals surface area contributed by atoms with Gasteiger partial charge in [-0.25, -0.2) is 9.59 Å². The number of quaternary nitrogens is 2. The van der Waals surface area contributed by atoms with Gasteiger partial charge >= 0.3 is 11.9 Å². The Balaban J connectivity index is 0.000000320. The Morgan fingerprint density at radius 1 is 0.778 bits per heavy atom. The normalized spacial score (nSPS) is 22.3. The maximum atomic E-state index is 12.4. The first-order valence-electron chi connectivity index (χ1n) is 15.3. The van der Waals surface area contributed by atoms with Crippen LogP contribution in [0.2, 0.25) is 10.0 Å². The van der Waals surface area contributed by atoms with Crippen LogP contribution >= 0.6 is 31.0 Å². The van der Waals surface area contributed by atoms with Gasteiger partial charge < -0.3 is 44.6 Å². The number of phosphoric acid groups is 1. The number of halogens is 2. The van der Waals surface area contributed by atoms with Gasteiger partial charge in [-0.1, -0.05) is 36.0 Å². The Bertz CT molecular complexity index is 1220. The van der Waals surface area contributed by atoms with Crippen LogP contribution < -0.4 is 21.3 Å². The molecule has 0 unspecified atom stereocenters. The average Bonchev–Trinajstić information content (AvgIpc) is 3.37. The van der Waals surface area contributed by atoms with Gasteiger partial charge in [0, 0.05) is 16.5 Å². The molecule has 2 aliphatic carbocycles. The van der Waals surface area contributed by atoms with E-state index < -0.39 is 38.3 Å². The summed E-state index contributed by atoms with van der Waals surface area (Å²) in [5, 5.41) is 0.854. The maximum absolute atomic E-state index is 12.4. The molecule has 0 aromatic heterocycles. The molecular formula is C31H43Cl2N2O9P. The molecule has 3 fully saturated rings. The van der Waals surface area contributed by atoms with Crippen molar-refractivity contribution in [3.05, 3.63) is 69.7 Å². The number of carbonyl (C=O) groups excluding carboxylic acids is 2. The lowest BCUT2D eigenvalue weighted by molar-refractivity contribution is -0.425. The van der Waals surface area contributed by atoms with E-state index in [1.165, 1.54) is 113 Å². The van der Waals surface area contributed by atoms with Crippen molar-refractivity contribution in [1.29, 1.82) is 0 Å². The van der Waals surface area contributed by atoms with E-state index in [4.69, 9.17) is 37.4 Å².